The molecular formula is C26H21NO7. The van der Waals surface area contributed by atoms with E-state index >= 15 is 0 Å². The number of esters is 1. The molecule has 0 spiro atoms. The Morgan fingerprint density at radius 2 is 1.68 bits per heavy atom. The molecule has 1 atom stereocenters. The van der Waals surface area contributed by atoms with Crippen LogP contribution in [0.2, 0.25) is 0 Å². The van der Waals surface area contributed by atoms with Crippen LogP contribution >= 0.6 is 0 Å². The van der Waals surface area contributed by atoms with Gasteiger partial charge in [0.25, 0.3) is 0 Å². The van der Waals surface area contributed by atoms with E-state index in [2.05, 4.69) is 5.32 Å². The highest BCUT2D eigenvalue weighted by Crippen LogP contribution is 2.31. The molecule has 0 fully saturated rings. The monoisotopic (exact) mass is 459 g/mol. The predicted octanol–water partition coefficient (Wildman–Crippen LogP) is 4.39. The molecule has 0 saturated carbocycles. The molecule has 3 aromatic carbocycles. The van der Waals surface area contributed by atoms with Gasteiger partial charge in [-0.05, 0) is 12.5 Å². The van der Waals surface area contributed by atoms with E-state index < -0.39 is 29.3 Å². The standard InChI is InChI=1S/C26H21NO7/c1-16(27-26(31)32-15-17-8-4-2-5-9-17)25(30)33-19-12-20(28)24-21(29)14-22(34-23(24)13-19)18-10-6-3-7-11-18/h2-14,16,28H,15H2,1H3,(H,27,31). The topological polar surface area (TPSA) is 115 Å². The Labute approximate surface area is 194 Å². The van der Waals surface area contributed by atoms with Gasteiger partial charge >= 0.3 is 12.1 Å². The number of nitrogens with one attached hydrogen (secondary N) is 1. The number of carbonyl (C=O) groups excluding carboxylic acids is 2. The van der Waals surface area contributed by atoms with Crippen molar-refractivity contribution in [3.05, 3.63) is 94.6 Å². The lowest BCUT2D eigenvalue weighted by atomic mass is 10.1. The third kappa shape index (κ3) is 5.24. The Balaban J connectivity index is 1.47. The van der Waals surface area contributed by atoms with E-state index in [0.717, 1.165) is 11.6 Å². The molecule has 8 heteroatoms. The third-order valence-corrected chi connectivity index (χ3v) is 4.96. The van der Waals surface area contributed by atoms with Crippen molar-refractivity contribution in [1.82, 2.24) is 5.32 Å². The lowest BCUT2D eigenvalue weighted by Crippen LogP contribution is -2.41. The number of hydrogen-bond donors (Lipinski definition) is 2. The smallest absolute Gasteiger partial charge is 0.408 e. The summed E-state index contributed by atoms with van der Waals surface area (Å²) >= 11 is 0. The number of alkyl carbamates (subject to hydrolysis) is 1. The van der Waals surface area contributed by atoms with Gasteiger partial charge in [0.15, 0.2) is 5.43 Å². The first kappa shape index (κ1) is 22.6. The summed E-state index contributed by atoms with van der Waals surface area (Å²) < 4.78 is 16.2. The first-order valence-electron chi connectivity index (χ1n) is 10.5. The molecule has 0 aliphatic heterocycles. The molecule has 1 heterocycles. The van der Waals surface area contributed by atoms with Gasteiger partial charge < -0.3 is 24.3 Å². The van der Waals surface area contributed by atoms with Gasteiger partial charge in [0.05, 0.1) is 0 Å². The second-order valence-electron chi connectivity index (χ2n) is 7.51. The maximum Gasteiger partial charge on any atom is 0.408 e. The number of amides is 1. The maximum atomic E-state index is 12.5. The minimum atomic E-state index is -1.04. The molecule has 1 aromatic heterocycles. The third-order valence-electron chi connectivity index (χ3n) is 4.96. The van der Waals surface area contributed by atoms with Crippen molar-refractivity contribution in [2.45, 2.75) is 19.6 Å². The molecule has 2 N–H and O–H groups in total. The second-order valence-corrected chi connectivity index (χ2v) is 7.51. The van der Waals surface area contributed by atoms with Crippen LogP contribution in [-0.4, -0.2) is 23.2 Å². The zero-order valence-corrected chi connectivity index (χ0v) is 18.2. The summed E-state index contributed by atoms with van der Waals surface area (Å²) in [7, 11) is 0. The number of phenolic OH excluding ortho intramolecular Hbond substituents is 1. The summed E-state index contributed by atoms with van der Waals surface area (Å²) in [4.78, 5) is 37.0. The summed E-state index contributed by atoms with van der Waals surface area (Å²) in [5, 5.41) is 12.7. The predicted molar refractivity (Wildman–Crippen MR) is 124 cm³/mol. The molecule has 4 aromatic rings. The molecule has 8 nitrogen and oxygen atoms in total. The van der Waals surface area contributed by atoms with Gasteiger partial charge in [-0.2, -0.15) is 0 Å². The Kier molecular flexibility index (Phi) is 6.59. The Morgan fingerprint density at radius 1 is 1.00 bits per heavy atom. The fourth-order valence-corrected chi connectivity index (χ4v) is 3.25. The molecule has 34 heavy (non-hydrogen) atoms. The van der Waals surface area contributed by atoms with E-state index in [9.17, 15) is 19.5 Å². The van der Waals surface area contributed by atoms with Gasteiger partial charge in [0, 0.05) is 23.8 Å². The van der Waals surface area contributed by atoms with Crippen molar-refractivity contribution in [3.8, 4) is 22.8 Å². The number of phenols is 1. The summed E-state index contributed by atoms with van der Waals surface area (Å²) in [6.07, 6.45) is -0.784. The van der Waals surface area contributed by atoms with Crippen molar-refractivity contribution in [1.29, 1.82) is 0 Å². The van der Waals surface area contributed by atoms with Crippen LogP contribution in [0.25, 0.3) is 22.3 Å². The molecule has 4 rings (SSSR count). The van der Waals surface area contributed by atoms with Gasteiger partial charge in [-0.25, -0.2) is 9.59 Å². The van der Waals surface area contributed by atoms with Crippen molar-refractivity contribution < 1.29 is 28.6 Å². The quantitative estimate of drug-likeness (QED) is 0.325. The number of fused-ring (bicyclic) bond motifs is 1. The average Bonchev–Trinajstić information content (AvgIpc) is 2.83. The number of carbonyl (C=O) groups is 2. The number of ether oxygens (including phenoxy) is 2. The van der Waals surface area contributed by atoms with Crippen LogP contribution in [-0.2, 0) is 16.1 Å². The molecule has 1 amide bonds. The highest BCUT2D eigenvalue weighted by molar-refractivity contribution is 5.88. The number of rotatable bonds is 6. The maximum absolute atomic E-state index is 12.5. The number of benzene rings is 3. The Morgan fingerprint density at radius 3 is 2.38 bits per heavy atom. The minimum Gasteiger partial charge on any atom is -0.507 e. The summed E-state index contributed by atoms with van der Waals surface area (Å²) in [5.41, 5.74) is 1.09. The van der Waals surface area contributed by atoms with E-state index in [4.69, 9.17) is 13.9 Å². The molecule has 0 bridgehead atoms. The van der Waals surface area contributed by atoms with Gasteiger partial charge in [-0.15, -0.1) is 0 Å². The van der Waals surface area contributed by atoms with E-state index in [1.54, 1.807) is 36.4 Å². The van der Waals surface area contributed by atoms with E-state index in [1.165, 1.54) is 19.1 Å². The zero-order chi connectivity index (χ0) is 24.1. The summed E-state index contributed by atoms with van der Waals surface area (Å²) in [6, 6.07) is 20.8. The number of hydrogen-bond acceptors (Lipinski definition) is 7. The van der Waals surface area contributed by atoms with Gasteiger partial charge in [-0.3, -0.25) is 4.79 Å². The molecule has 0 aliphatic rings. The van der Waals surface area contributed by atoms with Crippen LogP contribution in [0.3, 0.4) is 0 Å². The van der Waals surface area contributed by atoms with Crippen molar-refractivity contribution in [3.63, 3.8) is 0 Å². The second kappa shape index (κ2) is 9.91. The van der Waals surface area contributed by atoms with E-state index in [1.807, 2.05) is 24.3 Å². The van der Waals surface area contributed by atoms with Crippen molar-refractivity contribution in [2.75, 3.05) is 0 Å². The average molecular weight is 459 g/mol. The lowest BCUT2D eigenvalue weighted by molar-refractivity contribution is -0.136. The molecular weight excluding hydrogens is 438 g/mol. The molecule has 0 saturated heterocycles. The summed E-state index contributed by atoms with van der Waals surface area (Å²) in [6.45, 7) is 1.48. The largest absolute Gasteiger partial charge is 0.507 e. The summed E-state index contributed by atoms with van der Waals surface area (Å²) in [5.74, 6) is -0.930. The van der Waals surface area contributed by atoms with E-state index in [0.29, 0.717) is 11.3 Å². The fraction of sp³-hybridized carbons (Fsp3) is 0.115. The first-order valence-corrected chi connectivity index (χ1v) is 10.5. The lowest BCUT2D eigenvalue weighted by Gasteiger charge is -2.14. The van der Waals surface area contributed by atoms with Crippen LogP contribution in [0.15, 0.2) is 88.1 Å². The van der Waals surface area contributed by atoms with Gasteiger partial charge in [0.2, 0.25) is 0 Å². The first-order chi connectivity index (χ1) is 16.4. The Bertz CT molecular complexity index is 1380. The van der Waals surface area contributed by atoms with Crippen LogP contribution in [0.5, 0.6) is 11.5 Å². The van der Waals surface area contributed by atoms with Gasteiger partial charge in [-0.1, -0.05) is 60.7 Å². The van der Waals surface area contributed by atoms with Crippen LogP contribution in [0.1, 0.15) is 12.5 Å². The highest BCUT2D eigenvalue weighted by atomic mass is 16.6. The Hall–Kier alpha value is -4.59. The molecule has 0 radical (unpaired) electrons. The number of aromatic hydroxyl groups is 1. The van der Waals surface area contributed by atoms with Crippen LogP contribution in [0, 0.1) is 0 Å². The SMILES string of the molecule is CC(NC(=O)OCc1ccccc1)C(=O)Oc1cc(O)c2c(=O)cc(-c3ccccc3)oc2c1. The zero-order valence-electron chi connectivity index (χ0n) is 18.2. The highest BCUT2D eigenvalue weighted by Gasteiger charge is 2.20. The molecule has 1 unspecified atom stereocenters. The van der Waals surface area contributed by atoms with E-state index in [-0.39, 0.29) is 23.3 Å². The minimum absolute atomic E-state index is 0.0323. The van der Waals surface area contributed by atoms with Gasteiger partial charge in [0.1, 0.15) is 40.9 Å². The molecule has 0 aliphatic carbocycles. The molecule has 172 valence electrons. The fourth-order valence-electron chi connectivity index (χ4n) is 3.25. The van der Waals surface area contributed by atoms with Crippen LogP contribution in [0.4, 0.5) is 4.79 Å². The van der Waals surface area contributed by atoms with Crippen molar-refractivity contribution in [2.24, 2.45) is 0 Å². The van der Waals surface area contributed by atoms with Crippen molar-refractivity contribution >= 4 is 23.0 Å². The van der Waals surface area contributed by atoms with Crippen LogP contribution < -0.4 is 15.5 Å². The normalized spacial score (nSPS) is 11.6.